The summed E-state index contributed by atoms with van der Waals surface area (Å²) >= 11 is 0. The van der Waals surface area contributed by atoms with Crippen LogP contribution in [-0.2, 0) is 16.6 Å². The Balaban J connectivity index is 1.95. The molecule has 24 heavy (non-hydrogen) atoms. The molecule has 0 unspecified atom stereocenters. The first-order valence-electron chi connectivity index (χ1n) is 7.37. The third kappa shape index (κ3) is 4.39. The van der Waals surface area contributed by atoms with E-state index < -0.39 is 17.6 Å². The second-order valence-electron chi connectivity index (χ2n) is 5.57. The molecule has 2 N–H and O–H groups in total. The van der Waals surface area contributed by atoms with Gasteiger partial charge >= 0.3 is 11.8 Å². The second-order valence-corrected chi connectivity index (χ2v) is 5.57. The van der Waals surface area contributed by atoms with E-state index in [9.17, 15) is 14.0 Å². The monoisotopic (exact) mass is 333 g/mol. The predicted octanol–water partition coefficient (Wildman–Crippen LogP) is 0.917. The van der Waals surface area contributed by atoms with Crippen LogP contribution in [0.1, 0.15) is 11.6 Å². The maximum atomic E-state index is 13.5. The zero-order valence-corrected chi connectivity index (χ0v) is 13.8. The molecule has 0 radical (unpaired) electrons. The largest absolute Gasteiger partial charge is 0.346 e. The molecule has 7 nitrogen and oxygen atoms in total. The van der Waals surface area contributed by atoms with Crippen molar-refractivity contribution in [2.45, 2.75) is 6.04 Å². The lowest BCUT2D eigenvalue weighted by molar-refractivity contribution is -0.136. The molecule has 1 aromatic heterocycles. The van der Waals surface area contributed by atoms with Crippen LogP contribution in [0.15, 0.2) is 36.7 Å². The number of rotatable bonds is 5. The molecule has 0 saturated heterocycles. The molecule has 0 fully saturated rings. The molecule has 0 saturated carbocycles. The fraction of sp³-hybridized carbons (Fsp3) is 0.312. The van der Waals surface area contributed by atoms with Gasteiger partial charge in [-0.2, -0.15) is 5.10 Å². The Bertz CT molecular complexity index is 729. The number of anilines is 1. The van der Waals surface area contributed by atoms with Gasteiger partial charge in [0, 0.05) is 25.4 Å². The number of hydrogen-bond acceptors (Lipinski definition) is 4. The lowest BCUT2D eigenvalue weighted by atomic mass is 10.1. The van der Waals surface area contributed by atoms with Crippen molar-refractivity contribution in [1.82, 2.24) is 20.0 Å². The highest BCUT2D eigenvalue weighted by atomic mass is 19.1. The molecule has 8 heteroatoms. The van der Waals surface area contributed by atoms with Crippen LogP contribution >= 0.6 is 0 Å². The fourth-order valence-electron chi connectivity index (χ4n) is 2.22. The highest BCUT2D eigenvalue weighted by molar-refractivity contribution is 6.39. The molecule has 0 aliphatic carbocycles. The first kappa shape index (κ1) is 17.6. The number of hydrogen-bond donors (Lipinski definition) is 2. The summed E-state index contributed by atoms with van der Waals surface area (Å²) in [6, 6.07) is 5.53. The van der Waals surface area contributed by atoms with E-state index in [1.54, 1.807) is 24.0 Å². The number of carbonyl (C=O) groups excluding carboxylic acids is 2. The molecule has 1 atom stereocenters. The SMILES string of the molecule is CN(C)[C@@H](CNC(=O)C(=O)Nc1ccccc1F)c1cnn(C)c1. The Morgan fingerprint density at radius 2 is 2.00 bits per heavy atom. The van der Waals surface area contributed by atoms with Gasteiger partial charge in [-0.05, 0) is 26.2 Å². The van der Waals surface area contributed by atoms with Crippen LogP contribution in [0.4, 0.5) is 10.1 Å². The van der Waals surface area contributed by atoms with Gasteiger partial charge in [-0.25, -0.2) is 4.39 Å². The Hall–Kier alpha value is -2.74. The average molecular weight is 333 g/mol. The summed E-state index contributed by atoms with van der Waals surface area (Å²) in [4.78, 5) is 25.7. The molecule has 2 amide bonds. The van der Waals surface area contributed by atoms with E-state index in [2.05, 4.69) is 15.7 Å². The summed E-state index contributed by atoms with van der Waals surface area (Å²) < 4.78 is 15.2. The van der Waals surface area contributed by atoms with Crippen LogP contribution < -0.4 is 10.6 Å². The molecule has 0 aliphatic heterocycles. The van der Waals surface area contributed by atoms with Gasteiger partial charge < -0.3 is 15.5 Å². The number of nitrogens with one attached hydrogen (secondary N) is 2. The molecular weight excluding hydrogens is 313 g/mol. The van der Waals surface area contributed by atoms with Crippen molar-refractivity contribution < 1.29 is 14.0 Å². The quantitative estimate of drug-likeness (QED) is 0.798. The molecular formula is C16H20FN5O2. The molecule has 1 aromatic carbocycles. The van der Waals surface area contributed by atoms with Crippen molar-refractivity contribution in [3.05, 3.63) is 48.0 Å². The molecule has 128 valence electrons. The number of benzene rings is 1. The van der Waals surface area contributed by atoms with Crippen molar-refractivity contribution in [3.63, 3.8) is 0 Å². The van der Waals surface area contributed by atoms with Gasteiger partial charge in [-0.1, -0.05) is 12.1 Å². The number of para-hydroxylation sites is 1. The fourth-order valence-corrected chi connectivity index (χ4v) is 2.22. The zero-order valence-electron chi connectivity index (χ0n) is 13.8. The normalized spacial score (nSPS) is 12.0. The maximum absolute atomic E-state index is 13.5. The second kappa shape index (κ2) is 7.69. The van der Waals surface area contributed by atoms with E-state index in [0.717, 1.165) is 5.56 Å². The Morgan fingerprint density at radius 3 is 2.58 bits per heavy atom. The standard InChI is InChI=1S/C16H20FN5O2/c1-21(2)14(11-8-19-22(3)10-11)9-18-15(23)16(24)20-13-7-5-4-6-12(13)17/h4-8,10,14H,9H2,1-3H3,(H,18,23)(H,20,24)/t14-/m0/s1. The van der Waals surface area contributed by atoms with E-state index in [-0.39, 0.29) is 18.3 Å². The van der Waals surface area contributed by atoms with Crippen LogP contribution in [0.5, 0.6) is 0 Å². The topological polar surface area (TPSA) is 79.3 Å². The minimum absolute atomic E-state index is 0.0333. The first-order chi connectivity index (χ1) is 11.4. The van der Waals surface area contributed by atoms with E-state index in [1.165, 1.54) is 18.2 Å². The summed E-state index contributed by atoms with van der Waals surface area (Å²) in [5.74, 6) is -2.34. The molecule has 0 spiro atoms. The Morgan fingerprint density at radius 1 is 1.29 bits per heavy atom. The minimum atomic E-state index is -0.913. The third-order valence-electron chi connectivity index (χ3n) is 3.52. The van der Waals surface area contributed by atoms with Gasteiger partial charge in [0.1, 0.15) is 5.82 Å². The summed E-state index contributed by atoms with van der Waals surface area (Å²) in [5.41, 5.74) is 0.881. The molecule has 1 heterocycles. The van der Waals surface area contributed by atoms with Crippen molar-refractivity contribution in [1.29, 1.82) is 0 Å². The molecule has 2 aromatic rings. The van der Waals surface area contributed by atoms with E-state index in [1.807, 2.05) is 25.2 Å². The van der Waals surface area contributed by atoms with E-state index in [4.69, 9.17) is 0 Å². The van der Waals surface area contributed by atoms with Gasteiger partial charge in [0.2, 0.25) is 0 Å². The average Bonchev–Trinajstić information content (AvgIpc) is 2.95. The van der Waals surface area contributed by atoms with Gasteiger partial charge in [-0.3, -0.25) is 14.3 Å². The van der Waals surface area contributed by atoms with Crippen molar-refractivity contribution in [2.24, 2.45) is 7.05 Å². The summed E-state index contributed by atoms with van der Waals surface area (Å²) in [5, 5.41) is 8.91. The van der Waals surface area contributed by atoms with Crippen molar-refractivity contribution >= 4 is 17.5 Å². The number of nitrogens with zero attached hydrogens (tertiary/aromatic N) is 3. The smallest absolute Gasteiger partial charge is 0.313 e. The predicted molar refractivity (Wildman–Crippen MR) is 87.7 cm³/mol. The number of carbonyl (C=O) groups is 2. The lowest BCUT2D eigenvalue weighted by Gasteiger charge is -2.23. The van der Waals surface area contributed by atoms with Gasteiger partial charge in [0.25, 0.3) is 0 Å². The van der Waals surface area contributed by atoms with Gasteiger partial charge in [0.05, 0.1) is 17.9 Å². The summed E-state index contributed by atoms with van der Waals surface area (Å²) in [7, 11) is 5.53. The molecule has 0 bridgehead atoms. The first-order valence-corrected chi connectivity index (χ1v) is 7.37. The van der Waals surface area contributed by atoms with E-state index in [0.29, 0.717) is 0 Å². The maximum Gasteiger partial charge on any atom is 0.313 e. The third-order valence-corrected chi connectivity index (χ3v) is 3.52. The van der Waals surface area contributed by atoms with Crippen LogP contribution in [-0.4, -0.2) is 47.1 Å². The number of aryl methyl sites for hydroxylation is 1. The Labute approximate surface area is 139 Å². The summed E-state index contributed by atoms with van der Waals surface area (Å²) in [6.45, 7) is 0.224. The Kier molecular flexibility index (Phi) is 5.64. The van der Waals surface area contributed by atoms with Crippen LogP contribution in [0.25, 0.3) is 0 Å². The highest BCUT2D eigenvalue weighted by Crippen LogP contribution is 2.16. The van der Waals surface area contributed by atoms with Gasteiger partial charge in [0.15, 0.2) is 0 Å². The van der Waals surface area contributed by atoms with Crippen LogP contribution in [0, 0.1) is 5.82 Å². The highest BCUT2D eigenvalue weighted by Gasteiger charge is 2.20. The van der Waals surface area contributed by atoms with Crippen molar-refractivity contribution in [3.8, 4) is 0 Å². The van der Waals surface area contributed by atoms with Crippen LogP contribution in [0.2, 0.25) is 0 Å². The number of amides is 2. The van der Waals surface area contributed by atoms with Gasteiger partial charge in [-0.15, -0.1) is 0 Å². The van der Waals surface area contributed by atoms with E-state index >= 15 is 0 Å². The molecule has 0 aliphatic rings. The number of likely N-dealkylation sites (N-methyl/N-ethyl adjacent to an activating group) is 1. The van der Waals surface area contributed by atoms with Crippen molar-refractivity contribution in [2.75, 3.05) is 26.0 Å². The number of aromatic nitrogens is 2. The molecule has 2 rings (SSSR count). The minimum Gasteiger partial charge on any atom is -0.346 e. The zero-order chi connectivity index (χ0) is 17.7. The summed E-state index contributed by atoms with van der Waals surface area (Å²) in [6.07, 6.45) is 3.55. The van der Waals surface area contributed by atoms with Crippen LogP contribution in [0.3, 0.4) is 0 Å². The lowest BCUT2D eigenvalue weighted by Crippen LogP contribution is -2.40. The number of halogens is 1.